The number of hydrogen-bond donors (Lipinski definition) is 1. The Morgan fingerprint density at radius 1 is 1.19 bits per heavy atom. The van der Waals surface area contributed by atoms with Crippen molar-refractivity contribution < 1.29 is 22.7 Å². The van der Waals surface area contributed by atoms with Gasteiger partial charge in [0.1, 0.15) is 5.75 Å². The van der Waals surface area contributed by atoms with Crippen molar-refractivity contribution in [2.45, 2.75) is 12.7 Å². The summed E-state index contributed by atoms with van der Waals surface area (Å²) in [4.78, 5) is 16.1. The van der Waals surface area contributed by atoms with Crippen molar-refractivity contribution in [1.82, 2.24) is 10.3 Å². The molecular formula is C18H13F3N2O2S. The van der Waals surface area contributed by atoms with Gasteiger partial charge in [0, 0.05) is 29.2 Å². The Balaban J connectivity index is 1.74. The van der Waals surface area contributed by atoms with Gasteiger partial charge in [-0.2, -0.15) is 24.5 Å². The third kappa shape index (κ3) is 4.40. The number of rotatable bonds is 5. The minimum absolute atomic E-state index is 0.0175. The first kappa shape index (κ1) is 17.9. The number of carbonyl (C=O) groups excluding carboxylic acids is 1. The molecule has 0 radical (unpaired) electrons. The minimum atomic E-state index is -4.46. The molecule has 1 aromatic carbocycles. The highest BCUT2D eigenvalue weighted by atomic mass is 32.1. The van der Waals surface area contributed by atoms with E-state index < -0.39 is 11.7 Å². The molecule has 1 N–H and O–H groups in total. The van der Waals surface area contributed by atoms with Gasteiger partial charge in [-0.25, -0.2) is 4.98 Å². The fourth-order valence-corrected chi connectivity index (χ4v) is 2.81. The van der Waals surface area contributed by atoms with Crippen molar-refractivity contribution in [1.29, 1.82) is 0 Å². The van der Waals surface area contributed by atoms with E-state index in [1.807, 2.05) is 0 Å². The summed E-state index contributed by atoms with van der Waals surface area (Å²) < 4.78 is 43.9. The molecule has 0 aliphatic heterocycles. The third-order valence-corrected chi connectivity index (χ3v) is 4.13. The fraction of sp³-hybridized carbons (Fsp3) is 0.111. The number of ether oxygens (including phenoxy) is 1. The van der Waals surface area contributed by atoms with Gasteiger partial charge in [-0.15, -0.1) is 0 Å². The van der Waals surface area contributed by atoms with Gasteiger partial charge >= 0.3 is 6.18 Å². The number of benzene rings is 1. The van der Waals surface area contributed by atoms with Crippen molar-refractivity contribution in [3.05, 3.63) is 76.1 Å². The van der Waals surface area contributed by atoms with Crippen molar-refractivity contribution >= 4 is 17.2 Å². The number of aromatic nitrogens is 1. The average Bonchev–Trinajstić information content (AvgIpc) is 3.15. The zero-order valence-corrected chi connectivity index (χ0v) is 14.1. The van der Waals surface area contributed by atoms with Crippen LogP contribution < -0.4 is 10.1 Å². The highest BCUT2D eigenvalue weighted by Gasteiger charge is 2.30. The van der Waals surface area contributed by atoms with Gasteiger partial charge in [0.05, 0.1) is 5.56 Å². The lowest BCUT2D eigenvalue weighted by Gasteiger charge is -2.12. The lowest BCUT2D eigenvalue weighted by molar-refractivity contribution is -0.137. The normalized spacial score (nSPS) is 11.2. The monoisotopic (exact) mass is 378 g/mol. The van der Waals surface area contributed by atoms with E-state index >= 15 is 0 Å². The summed E-state index contributed by atoms with van der Waals surface area (Å²) in [6.45, 7) is 0.136. The maximum Gasteiger partial charge on any atom is 0.416 e. The van der Waals surface area contributed by atoms with Crippen LogP contribution in [0.25, 0.3) is 0 Å². The van der Waals surface area contributed by atoms with Crippen molar-refractivity contribution in [2.24, 2.45) is 0 Å². The van der Waals surface area contributed by atoms with E-state index in [0.29, 0.717) is 11.1 Å². The molecule has 0 spiro atoms. The molecule has 8 heteroatoms. The van der Waals surface area contributed by atoms with Crippen LogP contribution in [0.15, 0.2) is 59.4 Å². The quantitative estimate of drug-likeness (QED) is 0.688. The molecular weight excluding hydrogens is 365 g/mol. The Morgan fingerprint density at radius 2 is 2.04 bits per heavy atom. The summed E-state index contributed by atoms with van der Waals surface area (Å²) in [6, 6.07) is 9.59. The molecule has 0 aliphatic rings. The molecule has 0 fully saturated rings. The minimum Gasteiger partial charge on any atom is -0.439 e. The summed E-state index contributed by atoms with van der Waals surface area (Å²) in [5, 5.41) is 6.24. The van der Waals surface area contributed by atoms with Crippen LogP contribution in [0.1, 0.15) is 21.5 Å². The zero-order valence-electron chi connectivity index (χ0n) is 13.3. The third-order valence-electron chi connectivity index (χ3n) is 3.45. The number of nitrogens with one attached hydrogen (secondary N) is 1. The number of amides is 1. The van der Waals surface area contributed by atoms with Gasteiger partial charge in [-0.3, -0.25) is 4.79 Å². The largest absolute Gasteiger partial charge is 0.439 e. The van der Waals surface area contributed by atoms with Crippen LogP contribution in [0.5, 0.6) is 11.6 Å². The van der Waals surface area contributed by atoms with Crippen LogP contribution >= 0.6 is 11.3 Å². The van der Waals surface area contributed by atoms with Crippen molar-refractivity contribution in [2.75, 3.05) is 0 Å². The second-order valence-corrected chi connectivity index (χ2v) is 6.07. The van der Waals surface area contributed by atoms with Gasteiger partial charge < -0.3 is 10.1 Å². The van der Waals surface area contributed by atoms with Crippen LogP contribution in [0.4, 0.5) is 13.2 Å². The van der Waals surface area contributed by atoms with Gasteiger partial charge in [0.2, 0.25) is 5.88 Å². The molecule has 4 nitrogen and oxygen atoms in total. The van der Waals surface area contributed by atoms with Crippen LogP contribution in [0.3, 0.4) is 0 Å². The highest BCUT2D eigenvalue weighted by molar-refractivity contribution is 7.08. The molecule has 134 valence electrons. The lowest BCUT2D eigenvalue weighted by Crippen LogP contribution is -2.22. The van der Waals surface area contributed by atoms with E-state index in [0.717, 1.165) is 12.1 Å². The Morgan fingerprint density at radius 3 is 2.77 bits per heavy atom. The topological polar surface area (TPSA) is 51.2 Å². The summed E-state index contributed by atoms with van der Waals surface area (Å²) in [5.74, 6) is -0.0958. The highest BCUT2D eigenvalue weighted by Crippen LogP contribution is 2.32. The Bertz CT molecular complexity index is 895. The van der Waals surface area contributed by atoms with E-state index in [4.69, 9.17) is 4.74 Å². The number of carbonyl (C=O) groups is 1. The number of hydrogen-bond acceptors (Lipinski definition) is 4. The number of nitrogens with zero attached hydrogens (tertiary/aromatic N) is 1. The molecule has 0 saturated carbocycles. The first-order chi connectivity index (χ1) is 12.4. The van der Waals surface area contributed by atoms with Gasteiger partial charge in [0.15, 0.2) is 0 Å². The molecule has 2 heterocycles. The Kier molecular flexibility index (Phi) is 5.22. The van der Waals surface area contributed by atoms with E-state index in [-0.39, 0.29) is 24.1 Å². The molecule has 26 heavy (non-hydrogen) atoms. The van der Waals surface area contributed by atoms with E-state index in [1.165, 1.54) is 29.7 Å². The standard InChI is InChI=1S/C18H13F3N2O2S/c19-18(20,21)14-4-1-5-15(9-14)25-17-12(3-2-7-22-17)10-23-16(24)13-6-8-26-11-13/h1-9,11H,10H2,(H,23,24). The number of pyridine rings is 1. The van der Waals surface area contributed by atoms with Crippen LogP contribution in [0.2, 0.25) is 0 Å². The maximum atomic E-state index is 12.8. The first-order valence-electron chi connectivity index (χ1n) is 7.53. The molecule has 0 saturated heterocycles. The molecule has 3 aromatic rings. The summed E-state index contributed by atoms with van der Waals surface area (Å²) in [6.07, 6.45) is -2.99. The summed E-state index contributed by atoms with van der Waals surface area (Å²) >= 11 is 1.41. The van der Waals surface area contributed by atoms with E-state index in [1.54, 1.807) is 29.0 Å². The smallest absolute Gasteiger partial charge is 0.416 e. The van der Waals surface area contributed by atoms with E-state index in [9.17, 15) is 18.0 Å². The maximum absolute atomic E-state index is 12.8. The van der Waals surface area contributed by atoms with Gasteiger partial charge in [0.25, 0.3) is 5.91 Å². The molecule has 3 rings (SSSR count). The number of thiophene rings is 1. The molecule has 1 amide bonds. The van der Waals surface area contributed by atoms with Crippen LogP contribution in [-0.4, -0.2) is 10.9 Å². The fourth-order valence-electron chi connectivity index (χ4n) is 2.17. The predicted octanol–water partition coefficient (Wildman–Crippen LogP) is 4.88. The number of halogens is 3. The zero-order chi connectivity index (χ0) is 18.6. The Hall–Kier alpha value is -2.87. The molecule has 2 aromatic heterocycles. The molecule has 0 atom stereocenters. The second-order valence-electron chi connectivity index (χ2n) is 5.29. The summed E-state index contributed by atoms with van der Waals surface area (Å²) in [7, 11) is 0. The molecule has 0 unspecified atom stereocenters. The van der Waals surface area contributed by atoms with Gasteiger partial charge in [-0.1, -0.05) is 12.1 Å². The molecule has 0 bridgehead atoms. The predicted molar refractivity (Wildman–Crippen MR) is 91.2 cm³/mol. The van der Waals surface area contributed by atoms with Crippen LogP contribution in [-0.2, 0) is 12.7 Å². The summed E-state index contributed by atoms with van der Waals surface area (Å²) in [5.41, 5.74) is 0.283. The van der Waals surface area contributed by atoms with Crippen molar-refractivity contribution in [3.8, 4) is 11.6 Å². The first-order valence-corrected chi connectivity index (χ1v) is 8.47. The molecule has 0 aliphatic carbocycles. The van der Waals surface area contributed by atoms with Crippen molar-refractivity contribution in [3.63, 3.8) is 0 Å². The number of alkyl halides is 3. The Labute approximate surface area is 151 Å². The van der Waals surface area contributed by atoms with E-state index in [2.05, 4.69) is 10.3 Å². The lowest BCUT2D eigenvalue weighted by atomic mass is 10.2. The van der Waals surface area contributed by atoms with Gasteiger partial charge in [-0.05, 0) is 35.7 Å². The second kappa shape index (κ2) is 7.57. The average molecular weight is 378 g/mol. The SMILES string of the molecule is O=C(NCc1cccnc1Oc1cccc(C(F)(F)F)c1)c1ccsc1. The van der Waals surface area contributed by atoms with Crippen LogP contribution in [0, 0.1) is 0 Å².